The van der Waals surface area contributed by atoms with Gasteiger partial charge in [-0.1, -0.05) is 48.5 Å². The first-order chi connectivity index (χ1) is 10.9. The Morgan fingerprint density at radius 2 is 1.67 bits per heavy atom. The van der Waals surface area contributed by atoms with E-state index >= 15 is 0 Å². The van der Waals surface area contributed by atoms with E-state index in [-0.39, 0.29) is 22.2 Å². The van der Waals surface area contributed by atoms with Crippen LogP contribution >= 0.6 is 0 Å². The summed E-state index contributed by atoms with van der Waals surface area (Å²) >= 11 is 0. The molecule has 0 heterocycles. The van der Waals surface area contributed by atoms with Crippen molar-refractivity contribution in [2.24, 2.45) is 22.2 Å². The zero-order chi connectivity index (χ0) is 19.1. The molecule has 140 valence electrons. The summed E-state index contributed by atoms with van der Waals surface area (Å²) in [6, 6.07) is 0. The first-order valence-electron chi connectivity index (χ1n) is 9.48. The van der Waals surface area contributed by atoms with Gasteiger partial charge >= 0.3 is 0 Å². The molecule has 0 N–H and O–H groups in total. The highest BCUT2D eigenvalue weighted by atomic mass is 19.1. The second kappa shape index (κ2) is 6.92. The van der Waals surface area contributed by atoms with E-state index in [9.17, 15) is 8.78 Å². The zero-order valence-corrected chi connectivity index (χ0v) is 17.5. The summed E-state index contributed by atoms with van der Waals surface area (Å²) in [5.74, 6) is 0.223. The standard InChI is InChI=1S/C22H38F2/c1-11-21(10)16(5)19(15(4)14(3)17(6)24)18(13-23)22(21,12-2)20(7,8)9/h16-17H,11-13H2,1-10H3/b15-14-/t16?,17?,21-,22?/m0/s1. The van der Waals surface area contributed by atoms with Gasteiger partial charge in [0.15, 0.2) is 0 Å². The molecule has 0 radical (unpaired) electrons. The third-order valence-electron chi connectivity index (χ3n) is 7.47. The van der Waals surface area contributed by atoms with Crippen molar-refractivity contribution in [1.29, 1.82) is 0 Å². The van der Waals surface area contributed by atoms with Gasteiger partial charge in [-0.25, -0.2) is 8.78 Å². The predicted molar refractivity (Wildman–Crippen MR) is 102 cm³/mol. The molecule has 1 aliphatic rings. The lowest BCUT2D eigenvalue weighted by Crippen LogP contribution is -2.49. The van der Waals surface area contributed by atoms with Crippen molar-refractivity contribution in [2.75, 3.05) is 6.67 Å². The van der Waals surface area contributed by atoms with E-state index in [0.717, 1.165) is 35.1 Å². The van der Waals surface area contributed by atoms with Crippen LogP contribution < -0.4 is 0 Å². The number of halogens is 2. The molecule has 0 saturated heterocycles. The number of rotatable bonds is 5. The number of alkyl halides is 2. The van der Waals surface area contributed by atoms with Gasteiger partial charge in [-0.3, -0.25) is 0 Å². The summed E-state index contributed by atoms with van der Waals surface area (Å²) in [6.45, 7) is 20.6. The molecule has 0 spiro atoms. The van der Waals surface area contributed by atoms with E-state index in [4.69, 9.17) is 0 Å². The van der Waals surface area contributed by atoms with Crippen LogP contribution in [0.2, 0.25) is 0 Å². The first-order valence-corrected chi connectivity index (χ1v) is 9.48. The molecule has 0 fully saturated rings. The smallest absolute Gasteiger partial charge is 0.119 e. The van der Waals surface area contributed by atoms with Gasteiger partial charge < -0.3 is 0 Å². The van der Waals surface area contributed by atoms with Crippen molar-refractivity contribution in [3.8, 4) is 0 Å². The maximum Gasteiger partial charge on any atom is 0.119 e. The molecule has 2 heteroatoms. The van der Waals surface area contributed by atoms with Gasteiger partial charge in [0.1, 0.15) is 12.8 Å². The molecule has 0 aromatic carbocycles. The van der Waals surface area contributed by atoms with Crippen molar-refractivity contribution in [3.63, 3.8) is 0 Å². The van der Waals surface area contributed by atoms with Gasteiger partial charge in [0.25, 0.3) is 0 Å². The van der Waals surface area contributed by atoms with Crippen LogP contribution in [0.4, 0.5) is 8.78 Å². The van der Waals surface area contributed by atoms with E-state index in [0.29, 0.717) is 0 Å². The SMILES string of the molecule is CCC1(C(C)(C)C)C(CF)=C(/C(C)=C(/C)C(C)F)C(C)[C@]1(C)CC. The molecule has 0 saturated carbocycles. The molecule has 3 unspecified atom stereocenters. The minimum absolute atomic E-state index is 0.0299. The molecule has 0 aromatic rings. The number of allylic oxidation sites excluding steroid dienone is 4. The summed E-state index contributed by atoms with van der Waals surface area (Å²) in [7, 11) is 0. The van der Waals surface area contributed by atoms with Crippen LogP contribution in [0.5, 0.6) is 0 Å². The molecule has 1 aliphatic carbocycles. The Balaban J connectivity index is 3.90. The van der Waals surface area contributed by atoms with E-state index in [2.05, 4.69) is 48.5 Å². The van der Waals surface area contributed by atoms with Gasteiger partial charge in [0.05, 0.1) is 0 Å². The first kappa shape index (κ1) is 21.4. The third kappa shape index (κ3) is 2.69. The highest BCUT2D eigenvalue weighted by molar-refractivity contribution is 5.49. The largest absolute Gasteiger partial charge is 0.246 e. The van der Waals surface area contributed by atoms with Crippen molar-refractivity contribution < 1.29 is 8.78 Å². The normalized spacial score (nSPS) is 33.8. The molecule has 0 nitrogen and oxygen atoms in total. The van der Waals surface area contributed by atoms with E-state index in [1.807, 2.05) is 13.8 Å². The lowest BCUT2D eigenvalue weighted by molar-refractivity contribution is -0.0364. The average molecular weight is 341 g/mol. The number of hydrogen-bond acceptors (Lipinski definition) is 0. The van der Waals surface area contributed by atoms with Gasteiger partial charge in [-0.05, 0) is 72.7 Å². The Bertz CT molecular complexity index is 533. The van der Waals surface area contributed by atoms with Gasteiger partial charge in [0, 0.05) is 5.41 Å². The second-order valence-electron chi connectivity index (χ2n) is 8.95. The summed E-state index contributed by atoms with van der Waals surface area (Å²) in [5, 5.41) is 0. The molecule has 1 rings (SSSR count). The maximum atomic E-state index is 14.5. The number of hydrogen-bond donors (Lipinski definition) is 0. The third-order valence-corrected chi connectivity index (χ3v) is 7.47. The van der Waals surface area contributed by atoms with E-state index < -0.39 is 12.8 Å². The second-order valence-corrected chi connectivity index (χ2v) is 8.95. The topological polar surface area (TPSA) is 0 Å². The Hall–Kier alpha value is -0.660. The fourth-order valence-electron chi connectivity index (χ4n) is 5.84. The highest BCUT2D eigenvalue weighted by Gasteiger charge is 2.62. The van der Waals surface area contributed by atoms with Crippen molar-refractivity contribution >= 4 is 0 Å². The van der Waals surface area contributed by atoms with Crippen LogP contribution in [-0.4, -0.2) is 12.8 Å². The van der Waals surface area contributed by atoms with Crippen molar-refractivity contribution in [2.45, 2.75) is 88.3 Å². The lowest BCUT2D eigenvalue weighted by atomic mass is 9.48. The summed E-state index contributed by atoms with van der Waals surface area (Å²) in [4.78, 5) is 0. The molecule has 4 atom stereocenters. The Labute approximate surface area is 148 Å². The fourth-order valence-corrected chi connectivity index (χ4v) is 5.84. The predicted octanol–water partition coefficient (Wildman–Crippen LogP) is 7.46. The lowest BCUT2D eigenvalue weighted by Gasteiger charge is -2.55. The zero-order valence-electron chi connectivity index (χ0n) is 17.5. The average Bonchev–Trinajstić information content (AvgIpc) is 2.70. The van der Waals surface area contributed by atoms with Crippen LogP contribution in [0.15, 0.2) is 22.3 Å². The van der Waals surface area contributed by atoms with Crippen LogP contribution in [0.3, 0.4) is 0 Å². The molecule has 0 aliphatic heterocycles. The maximum absolute atomic E-state index is 14.5. The summed E-state index contributed by atoms with van der Waals surface area (Å²) < 4.78 is 28.4. The Kier molecular flexibility index (Phi) is 6.17. The van der Waals surface area contributed by atoms with Crippen LogP contribution in [-0.2, 0) is 0 Å². The van der Waals surface area contributed by atoms with Crippen molar-refractivity contribution in [1.82, 2.24) is 0 Å². The van der Waals surface area contributed by atoms with Crippen LogP contribution in [0.25, 0.3) is 0 Å². The molecule has 24 heavy (non-hydrogen) atoms. The van der Waals surface area contributed by atoms with Gasteiger partial charge in [-0.2, -0.15) is 0 Å². The molecular weight excluding hydrogens is 302 g/mol. The molecular formula is C22H38F2. The quantitative estimate of drug-likeness (QED) is 0.487. The molecule has 0 bridgehead atoms. The highest BCUT2D eigenvalue weighted by Crippen LogP contribution is 2.69. The summed E-state index contributed by atoms with van der Waals surface area (Å²) in [6.07, 6.45) is 0.902. The van der Waals surface area contributed by atoms with E-state index in [1.54, 1.807) is 6.92 Å². The minimum Gasteiger partial charge on any atom is -0.246 e. The Morgan fingerprint density at radius 1 is 1.17 bits per heavy atom. The monoisotopic (exact) mass is 340 g/mol. The van der Waals surface area contributed by atoms with Crippen LogP contribution in [0, 0.1) is 22.2 Å². The molecule has 0 amide bonds. The minimum atomic E-state index is -0.996. The van der Waals surface area contributed by atoms with E-state index in [1.165, 1.54) is 0 Å². The Morgan fingerprint density at radius 3 is 1.96 bits per heavy atom. The van der Waals surface area contributed by atoms with Gasteiger partial charge in [0.2, 0.25) is 0 Å². The summed E-state index contributed by atoms with van der Waals surface area (Å²) in [5.41, 5.74) is 3.41. The van der Waals surface area contributed by atoms with Crippen molar-refractivity contribution in [3.05, 3.63) is 22.3 Å². The molecule has 0 aromatic heterocycles. The van der Waals surface area contributed by atoms with Crippen LogP contribution in [0.1, 0.15) is 82.1 Å². The van der Waals surface area contributed by atoms with Gasteiger partial charge in [-0.15, -0.1) is 0 Å². The fraction of sp³-hybridized carbons (Fsp3) is 0.818.